The summed E-state index contributed by atoms with van der Waals surface area (Å²) in [6.45, 7) is 3.97. The van der Waals surface area contributed by atoms with E-state index >= 15 is 0 Å². The molecule has 4 nitrogen and oxygen atoms in total. The second kappa shape index (κ2) is 6.34. The summed E-state index contributed by atoms with van der Waals surface area (Å²) in [4.78, 5) is 22.1. The quantitative estimate of drug-likeness (QED) is 0.475. The molecule has 0 bridgehead atoms. The van der Waals surface area contributed by atoms with E-state index < -0.39 is 0 Å². The highest BCUT2D eigenvalue weighted by atomic mass is 35.5. The summed E-state index contributed by atoms with van der Waals surface area (Å²) in [5.74, 6) is -0.275. The number of halogens is 1. The van der Waals surface area contributed by atoms with E-state index in [1.807, 2.05) is 61.9 Å². The van der Waals surface area contributed by atoms with Gasteiger partial charge >= 0.3 is 0 Å². The average molecular weight is 382 g/mol. The highest BCUT2D eigenvalue weighted by molar-refractivity contribution is 7.17. The Morgan fingerprint density at radius 2 is 1.96 bits per heavy atom. The number of aryl methyl sites for hydroxylation is 3. The summed E-state index contributed by atoms with van der Waals surface area (Å²) >= 11 is 7.73. The van der Waals surface area contributed by atoms with Crippen molar-refractivity contribution in [2.75, 3.05) is 0 Å². The van der Waals surface area contributed by atoms with Crippen LogP contribution in [-0.2, 0) is 7.05 Å². The van der Waals surface area contributed by atoms with Gasteiger partial charge in [0.2, 0.25) is 0 Å². The van der Waals surface area contributed by atoms with Gasteiger partial charge in [0, 0.05) is 23.7 Å². The number of hydrogen-bond donors (Lipinski definition) is 0. The Hall–Kier alpha value is -2.50. The van der Waals surface area contributed by atoms with Gasteiger partial charge in [-0.05, 0) is 49.7 Å². The Morgan fingerprint density at radius 3 is 2.73 bits per heavy atom. The maximum atomic E-state index is 12.7. The summed E-state index contributed by atoms with van der Waals surface area (Å²) in [6, 6.07) is 13.2. The molecule has 1 amide bonds. The lowest BCUT2D eigenvalue weighted by Gasteiger charge is -2.02. The van der Waals surface area contributed by atoms with Gasteiger partial charge in [-0.1, -0.05) is 35.1 Å². The van der Waals surface area contributed by atoms with Gasteiger partial charge in [0.05, 0.1) is 20.8 Å². The van der Waals surface area contributed by atoms with E-state index in [1.165, 1.54) is 11.3 Å². The lowest BCUT2D eigenvalue weighted by atomic mass is 10.1. The molecule has 2 aromatic carbocycles. The van der Waals surface area contributed by atoms with Gasteiger partial charge in [-0.15, -0.1) is 0 Å². The normalized spacial score (nSPS) is 12.2. The summed E-state index contributed by atoms with van der Waals surface area (Å²) in [5, 5.41) is 1.60. The number of rotatable bonds is 1. The van der Waals surface area contributed by atoms with Crippen LogP contribution in [0.5, 0.6) is 0 Å². The first-order valence-electron chi connectivity index (χ1n) is 8.15. The molecule has 0 saturated carbocycles. The van der Waals surface area contributed by atoms with E-state index in [9.17, 15) is 4.79 Å². The highest BCUT2D eigenvalue weighted by Gasteiger charge is 2.11. The minimum Gasteiger partial charge on any atom is -0.319 e. The topological polar surface area (TPSA) is 47.2 Å². The number of hydrogen-bond acceptors (Lipinski definition) is 3. The number of aromatic nitrogens is 2. The molecule has 130 valence electrons. The zero-order valence-corrected chi connectivity index (χ0v) is 16.1. The molecule has 0 aliphatic rings. The maximum absolute atomic E-state index is 12.7. The fourth-order valence-corrected chi connectivity index (χ4v) is 4.39. The molecule has 0 aliphatic carbocycles. The number of amides is 1. The SMILES string of the molecule is Cc1ccc2cc(C(=O)N=c3sc4c(Cl)ccc(C)c4n3C)ccc2n1. The number of nitrogens with zero attached hydrogens (tertiary/aromatic N) is 3. The molecule has 2 heterocycles. The Kier molecular flexibility index (Phi) is 4.13. The predicted octanol–water partition coefficient (Wildman–Crippen LogP) is 4.80. The molecule has 0 spiro atoms. The van der Waals surface area contributed by atoms with Crippen molar-refractivity contribution in [2.45, 2.75) is 13.8 Å². The van der Waals surface area contributed by atoms with E-state index in [4.69, 9.17) is 11.6 Å². The summed E-state index contributed by atoms with van der Waals surface area (Å²) in [5.41, 5.74) is 4.47. The lowest BCUT2D eigenvalue weighted by molar-refractivity contribution is 0.0998. The van der Waals surface area contributed by atoms with Crippen LogP contribution in [0.2, 0.25) is 5.02 Å². The number of pyridine rings is 1. The Labute approximate surface area is 159 Å². The van der Waals surface area contributed by atoms with Crippen molar-refractivity contribution in [3.8, 4) is 0 Å². The summed E-state index contributed by atoms with van der Waals surface area (Å²) in [6.07, 6.45) is 0. The van der Waals surface area contributed by atoms with Crippen LogP contribution in [-0.4, -0.2) is 15.5 Å². The predicted molar refractivity (Wildman–Crippen MR) is 107 cm³/mol. The fraction of sp³-hybridized carbons (Fsp3) is 0.150. The first-order valence-corrected chi connectivity index (χ1v) is 9.34. The Bertz CT molecular complexity index is 1250. The van der Waals surface area contributed by atoms with Gasteiger partial charge in [-0.2, -0.15) is 4.99 Å². The molecule has 0 N–H and O–H groups in total. The first kappa shape index (κ1) is 16.9. The number of carbonyl (C=O) groups excluding carboxylic acids is 1. The second-order valence-corrected chi connectivity index (χ2v) is 7.65. The van der Waals surface area contributed by atoms with Crippen LogP contribution < -0.4 is 4.80 Å². The van der Waals surface area contributed by atoms with Crippen LogP contribution in [0, 0.1) is 13.8 Å². The molecular formula is C20H16ClN3OS. The van der Waals surface area contributed by atoms with Gasteiger partial charge in [0.15, 0.2) is 4.80 Å². The molecule has 0 saturated heterocycles. The van der Waals surface area contributed by atoms with E-state index in [1.54, 1.807) is 6.07 Å². The molecule has 0 unspecified atom stereocenters. The van der Waals surface area contributed by atoms with E-state index in [0.717, 1.165) is 32.4 Å². The molecule has 4 aromatic rings. The lowest BCUT2D eigenvalue weighted by Crippen LogP contribution is -2.13. The van der Waals surface area contributed by atoms with Crippen molar-refractivity contribution in [3.05, 3.63) is 69.1 Å². The summed E-state index contributed by atoms with van der Waals surface area (Å²) < 4.78 is 2.87. The fourth-order valence-electron chi connectivity index (χ4n) is 3.02. The number of fused-ring (bicyclic) bond motifs is 2. The van der Waals surface area contributed by atoms with Crippen molar-refractivity contribution in [1.29, 1.82) is 0 Å². The molecular weight excluding hydrogens is 366 g/mol. The maximum Gasteiger partial charge on any atom is 0.279 e. The van der Waals surface area contributed by atoms with Crippen LogP contribution in [0.4, 0.5) is 0 Å². The van der Waals surface area contributed by atoms with Crippen molar-refractivity contribution in [2.24, 2.45) is 12.0 Å². The molecule has 26 heavy (non-hydrogen) atoms. The van der Waals surface area contributed by atoms with E-state index in [-0.39, 0.29) is 5.91 Å². The zero-order chi connectivity index (χ0) is 18.4. The van der Waals surface area contributed by atoms with Crippen LogP contribution in [0.1, 0.15) is 21.6 Å². The van der Waals surface area contributed by atoms with Gasteiger partial charge in [-0.3, -0.25) is 9.78 Å². The van der Waals surface area contributed by atoms with Crippen molar-refractivity contribution < 1.29 is 4.79 Å². The molecule has 0 radical (unpaired) electrons. The largest absolute Gasteiger partial charge is 0.319 e. The van der Waals surface area contributed by atoms with Crippen LogP contribution in [0.25, 0.3) is 21.1 Å². The molecule has 6 heteroatoms. The molecule has 0 fully saturated rings. The average Bonchev–Trinajstić information content (AvgIpc) is 2.95. The van der Waals surface area contributed by atoms with Gasteiger partial charge in [0.1, 0.15) is 0 Å². The molecule has 0 atom stereocenters. The Balaban J connectivity index is 1.84. The zero-order valence-electron chi connectivity index (χ0n) is 14.6. The van der Waals surface area contributed by atoms with Crippen molar-refractivity contribution >= 4 is 50.0 Å². The smallest absolute Gasteiger partial charge is 0.279 e. The number of carbonyl (C=O) groups is 1. The van der Waals surface area contributed by atoms with Crippen LogP contribution in [0.3, 0.4) is 0 Å². The number of thiazole rings is 1. The van der Waals surface area contributed by atoms with Crippen LogP contribution in [0.15, 0.2) is 47.5 Å². The standard InChI is InChI=1S/C20H16ClN3OS/c1-11-4-8-15(21)18-17(11)24(3)20(26-18)23-19(25)14-7-9-16-13(10-14)6-5-12(2)22-16/h4-10H,1-3H3. The van der Waals surface area contributed by atoms with Gasteiger partial charge < -0.3 is 4.57 Å². The second-order valence-electron chi connectivity index (χ2n) is 6.26. The molecule has 4 rings (SSSR count). The molecule has 2 aromatic heterocycles. The third-order valence-electron chi connectivity index (χ3n) is 4.37. The highest BCUT2D eigenvalue weighted by Crippen LogP contribution is 2.28. The van der Waals surface area contributed by atoms with Crippen molar-refractivity contribution in [1.82, 2.24) is 9.55 Å². The third kappa shape index (κ3) is 2.83. The summed E-state index contributed by atoms with van der Waals surface area (Å²) in [7, 11) is 1.90. The first-order chi connectivity index (χ1) is 12.4. The van der Waals surface area contributed by atoms with Crippen LogP contribution >= 0.6 is 22.9 Å². The monoisotopic (exact) mass is 381 g/mol. The number of benzene rings is 2. The minimum absolute atomic E-state index is 0.275. The van der Waals surface area contributed by atoms with Crippen molar-refractivity contribution in [3.63, 3.8) is 0 Å². The minimum atomic E-state index is -0.275. The van der Waals surface area contributed by atoms with Gasteiger partial charge in [0.25, 0.3) is 5.91 Å². The van der Waals surface area contributed by atoms with Gasteiger partial charge in [-0.25, -0.2) is 0 Å². The third-order valence-corrected chi connectivity index (χ3v) is 5.97. The Morgan fingerprint density at radius 1 is 1.15 bits per heavy atom. The van der Waals surface area contributed by atoms with E-state index in [2.05, 4.69) is 9.98 Å². The molecule has 0 aliphatic heterocycles. The van der Waals surface area contributed by atoms with E-state index in [0.29, 0.717) is 15.4 Å².